The van der Waals surface area contributed by atoms with E-state index in [0.29, 0.717) is 5.56 Å². The van der Waals surface area contributed by atoms with Crippen LogP contribution < -0.4 is 0 Å². The Morgan fingerprint density at radius 1 is 1.07 bits per heavy atom. The molecule has 0 aromatic heterocycles. The van der Waals surface area contributed by atoms with Gasteiger partial charge in [-0.15, -0.1) is 0 Å². The highest BCUT2D eigenvalue weighted by atomic mass is 19.3. The maximum atomic E-state index is 12.2. The maximum absolute atomic E-state index is 12.2. The average molecular weight is 198 g/mol. The van der Waals surface area contributed by atoms with Crippen molar-refractivity contribution in [1.29, 1.82) is 0 Å². The number of aryl methyl sites for hydroxylation is 3. The number of rotatable bonds is 2. The molecule has 0 spiro atoms. The van der Waals surface area contributed by atoms with Gasteiger partial charge in [-0.2, -0.15) is 0 Å². The first-order chi connectivity index (χ1) is 6.43. The van der Waals surface area contributed by atoms with Crippen molar-refractivity contribution in [3.05, 3.63) is 34.4 Å². The number of carbonyl (C=O) groups excluding carboxylic acids is 1. The molecule has 0 aliphatic heterocycles. The fraction of sp³-hybridized carbons (Fsp3) is 0.364. The van der Waals surface area contributed by atoms with Crippen LogP contribution in [0.4, 0.5) is 8.78 Å². The molecular weight excluding hydrogens is 186 g/mol. The SMILES string of the molecule is Cc1cc(C)c(C(=O)C(F)F)cc1C. The van der Waals surface area contributed by atoms with E-state index >= 15 is 0 Å². The molecule has 0 fully saturated rings. The van der Waals surface area contributed by atoms with Crippen LogP contribution >= 0.6 is 0 Å². The van der Waals surface area contributed by atoms with Gasteiger partial charge >= 0.3 is 6.43 Å². The van der Waals surface area contributed by atoms with Gasteiger partial charge in [0.15, 0.2) is 0 Å². The molecule has 0 heterocycles. The van der Waals surface area contributed by atoms with Crippen molar-refractivity contribution >= 4 is 5.78 Å². The Morgan fingerprint density at radius 2 is 1.57 bits per heavy atom. The summed E-state index contributed by atoms with van der Waals surface area (Å²) in [6, 6.07) is 3.28. The lowest BCUT2D eigenvalue weighted by atomic mass is 9.98. The van der Waals surface area contributed by atoms with Gasteiger partial charge in [0.2, 0.25) is 5.78 Å². The van der Waals surface area contributed by atoms with Crippen LogP contribution in [0.1, 0.15) is 27.0 Å². The van der Waals surface area contributed by atoms with E-state index < -0.39 is 12.2 Å². The third kappa shape index (κ3) is 1.97. The number of hydrogen-bond acceptors (Lipinski definition) is 1. The minimum absolute atomic E-state index is 0.128. The predicted molar refractivity (Wildman–Crippen MR) is 51.0 cm³/mol. The second-order valence-electron chi connectivity index (χ2n) is 3.42. The van der Waals surface area contributed by atoms with Crippen LogP contribution in [0, 0.1) is 20.8 Å². The monoisotopic (exact) mass is 198 g/mol. The lowest BCUT2D eigenvalue weighted by Crippen LogP contribution is -2.12. The summed E-state index contributed by atoms with van der Waals surface area (Å²) in [4.78, 5) is 11.1. The van der Waals surface area contributed by atoms with Gasteiger partial charge in [0.25, 0.3) is 0 Å². The number of alkyl halides is 2. The summed E-state index contributed by atoms with van der Waals surface area (Å²) in [5, 5.41) is 0. The topological polar surface area (TPSA) is 17.1 Å². The van der Waals surface area contributed by atoms with E-state index in [4.69, 9.17) is 0 Å². The molecule has 0 amide bonds. The molecule has 1 aromatic carbocycles. The van der Waals surface area contributed by atoms with Crippen LogP contribution in [0.2, 0.25) is 0 Å². The lowest BCUT2D eigenvalue weighted by molar-refractivity contribution is 0.0678. The Morgan fingerprint density at radius 3 is 2.07 bits per heavy atom. The summed E-state index contributed by atoms with van der Waals surface area (Å²) >= 11 is 0. The summed E-state index contributed by atoms with van der Waals surface area (Å²) < 4.78 is 24.4. The Labute approximate surface area is 81.7 Å². The Hall–Kier alpha value is -1.25. The fourth-order valence-corrected chi connectivity index (χ4v) is 1.34. The number of hydrogen-bond donors (Lipinski definition) is 0. The van der Waals surface area contributed by atoms with Gasteiger partial charge in [-0.05, 0) is 43.5 Å². The van der Waals surface area contributed by atoms with Crippen LogP contribution in [0.3, 0.4) is 0 Å². The zero-order valence-corrected chi connectivity index (χ0v) is 8.40. The van der Waals surface area contributed by atoms with Gasteiger partial charge in [0.1, 0.15) is 0 Å². The molecule has 0 radical (unpaired) electrons. The molecular formula is C11H12F2O. The Bertz CT molecular complexity index is 370. The van der Waals surface area contributed by atoms with Crippen molar-refractivity contribution in [1.82, 2.24) is 0 Å². The van der Waals surface area contributed by atoms with Crippen LogP contribution in [0.15, 0.2) is 12.1 Å². The highest BCUT2D eigenvalue weighted by Gasteiger charge is 2.19. The van der Waals surface area contributed by atoms with Crippen molar-refractivity contribution in [3.63, 3.8) is 0 Å². The molecule has 1 aromatic rings. The summed E-state index contributed by atoms with van der Waals surface area (Å²) in [6.45, 7) is 5.36. The minimum Gasteiger partial charge on any atom is -0.288 e. The second-order valence-corrected chi connectivity index (χ2v) is 3.42. The van der Waals surface area contributed by atoms with Crippen LogP contribution in [-0.4, -0.2) is 12.2 Å². The number of ketones is 1. The minimum atomic E-state index is -2.92. The third-order valence-corrected chi connectivity index (χ3v) is 2.30. The first-order valence-corrected chi connectivity index (χ1v) is 4.33. The smallest absolute Gasteiger partial charge is 0.288 e. The molecule has 3 heteroatoms. The lowest BCUT2D eigenvalue weighted by Gasteiger charge is -2.08. The van der Waals surface area contributed by atoms with Crippen molar-refractivity contribution in [2.24, 2.45) is 0 Å². The molecule has 0 aliphatic carbocycles. The van der Waals surface area contributed by atoms with Crippen molar-refractivity contribution in [2.75, 3.05) is 0 Å². The van der Waals surface area contributed by atoms with E-state index in [1.807, 2.05) is 6.92 Å². The molecule has 76 valence electrons. The van der Waals surface area contributed by atoms with Crippen molar-refractivity contribution in [3.8, 4) is 0 Å². The van der Waals surface area contributed by atoms with E-state index in [0.717, 1.165) is 11.1 Å². The first-order valence-electron chi connectivity index (χ1n) is 4.33. The predicted octanol–water partition coefficient (Wildman–Crippen LogP) is 3.06. The molecule has 1 rings (SSSR count). The van der Waals surface area contributed by atoms with E-state index in [1.54, 1.807) is 19.9 Å². The number of Topliss-reactive ketones (excluding diaryl/α,β-unsaturated/α-hetero) is 1. The van der Waals surface area contributed by atoms with Gasteiger partial charge in [0.05, 0.1) is 0 Å². The average Bonchev–Trinajstić information content (AvgIpc) is 2.10. The quantitative estimate of drug-likeness (QED) is 0.667. The van der Waals surface area contributed by atoms with Gasteiger partial charge in [-0.1, -0.05) is 6.07 Å². The summed E-state index contributed by atoms with van der Waals surface area (Å²) in [6.07, 6.45) is -2.92. The molecule has 0 saturated heterocycles. The molecule has 0 N–H and O–H groups in total. The summed E-state index contributed by atoms with van der Waals surface area (Å²) in [5.41, 5.74) is 2.61. The Balaban J connectivity index is 3.22. The summed E-state index contributed by atoms with van der Waals surface area (Å²) in [5.74, 6) is -1.09. The van der Waals surface area contributed by atoms with Gasteiger partial charge < -0.3 is 0 Å². The van der Waals surface area contributed by atoms with E-state index in [2.05, 4.69) is 0 Å². The van der Waals surface area contributed by atoms with Gasteiger partial charge in [0, 0.05) is 5.56 Å². The molecule has 0 unspecified atom stereocenters. The fourth-order valence-electron chi connectivity index (χ4n) is 1.34. The number of halogens is 2. The van der Waals surface area contributed by atoms with Gasteiger partial charge in [-0.25, -0.2) is 8.78 Å². The molecule has 0 aliphatic rings. The molecule has 0 saturated carbocycles. The summed E-state index contributed by atoms with van der Waals surface area (Å²) in [7, 11) is 0. The number of benzene rings is 1. The van der Waals surface area contributed by atoms with E-state index in [1.165, 1.54) is 6.07 Å². The standard InChI is InChI=1S/C11H12F2O/c1-6-4-8(3)9(5-7(6)2)10(14)11(12)13/h4-5,11H,1-3H3. The highest BCUT2D eigenvalue weighted by molar-refractivity contribution is 5.99. The Kier molecular flexibility index (Phi) is 2.99. The van der Waals surface area contributed by atoms with Crippen LogP contribution in [-0.2, 0) is 0 Å². The maximum Gasteiger partial charge on any atom is 0.300 e. The van der Waals surface area contributed by atoms with E-state index in [9.17, 15) is 13.6 Å². The first kappa shape index (κ1) is 10.8. The molecule has 14 heavy (non-hydrogen) atoms. The normalized spacial score (nSPS) is 10.7. The third-order valence-electron chi connectivity index (χ3n) is 2.30. The molecule has 1 nitrogen and oxygen atoms in total. The molecule has 0 bridgehead atoms. The zero-order valence-electron chi connectivity index (χ0n) is 8.40. The largest absolute Gasteiger partial charge is 0.300 e. The zero-order chi connectivity index (χ0) is 10.9. The highest BCUT2D eigenvalue weighted by Crippen LogP contribution is 2.18. The van der Waals surface area contributed by atoms with E-state index in [-0.39, 0.29) is 5.56 Å². The number of carbonyl (C=O) groups is 1. The second kappa shape index (κ2) is 3.86. The van der Waals surface area contributed by atoms with Crippen molar-refractivity contribution in [2.45, 2.75) is 27.2 Å². The van der Waals surface area contributed by atoms with Crippen molar-refractivity contribution < 1.29 is 13.6 Å². The van der Waals surface area contributed by atoms with Crippen LogP contribution in [0.25, 0.3) is 0 Å². The van der Waals surface area contributed by atoms with Crippen LogP contribution in [0.5, 0.6) is 0 Å². The van der Waals surface area contributed by atoms with Gasteiger partial charge in [-0.3, -0.25) is 4.79 Å². The molecule has 0 atom stereocenters.